The number of hydrogen-bond acceptors (Lipinski definition) is 5. The Morgan fingerprint density at radius 1 is 1.03 bits per heavy atom. The maximum Gasteiger partial charge on any atom is 0.261 e. The van der Waals surface area contributed by atoms with Crippen LogP contribution in [0.1, 0.15) is 30.6 Å². The molecule has 8 heteroatoms. The maximum absolute atomic E-state index is 12.5. The SMILES string of the molecule is CC(C)CCNC(=O)c1cccnc1Oc1cccc(NS(=O)(=O)c2ccccc2)c1. The molecule has 1 heterocycles. The van der Waals surface area contributed by atoms with Crippen molar-refractivity contribution in [2.24, 2.45) is 5.92 Å². The van der Waals surface area contributed by atoms with E-state index < -0.39 is 10.0 Å². The third kappa shape index (κ3) is 6.29. The van der Waals surface area contributed by atoms with Gasteiger partial charge in [0.1, 0.15) is 11.3 Å². The summed E-state index contributed by atoms with van der Waals surface area (Å²) in [6.07, 6.45) is 2.40. The first kappa shape index (κ1) is 22.3. The lowest BCUT2D eigenvalue weighted by Crippen LogP contribution is -2.25. The topological polar surface area (TPSA) is 97.4 Å². The van der Waals surface area contributed by atoms with Gasteiger partial charge in [0, 0.05) is 18.8 Å². The van der Waals surface area contributed by atoms with E-state index in [-0.39, 0.29) is 16.7 Å². The third-order valence-corrected chi connectivity index (χ3v) is 5.77. The van der Waals surface area contributed by atoms with Crippen molar-refractivity contribution < 1.29 is 17.9 Å². The number of sulfonamides is 1. The number of nitrogens with one attached hydrogen (secondary N) is 2. The predicted molar refractivity (Wildman–Crippen MR) is 120 cm³/mol. The molecule has 2 N–H and O–H groups in total. The van der Waals surface area contributed by atoms with Crippen molar-refractivity contribution in [2.75, 3.05) is 11.3 Å². The second-order valence-electron chi connectivity index (χ2n) is 7.34. The minimum atomic E-state index is -3.73. The molecule has 7 nitrogen and oxygen atoms in total. The van der Waals surface area contributed by atoms with Gasteiger partial charge in [0.2, 0.25) is 5.88 Å². The monoisotopic (exact) mass is 439 g/mol. The van der Waals surface area contributed by atoms with E-state index in [1.54, 1.807) is 48.5 Å². The average molecular weight is 440 g/mol. The Labute approximate surface area is 182 Å². The molecular formula is C23H25N3O4S. The molecular weight excluding hydrogens is 414 g/mol. The van der Waals surface area contributed by atoms with Gasteiger partial charge in [0.25, 0.3) is 15.9 Å². The number of hydrogen-bond donors (Lipinski definition) is 2. The van der Waals surface area contributed by atoms with Crippen molar-refractivity contribution in [3.8, 4) is 11.6 Å². The quantitative estimate of drug-likeness (QED) is 0.513. The normalized spacial score (nSPS) is 11.2. The molecule has 0 saturated carbocycles. The molecule has 0 atom stereocenters. The molecule has 0 unspecified atom stereocenters. The standard InChI is InChI=1S/C23H25N3O4S/c1-17(2)13-15-24-22(27)21-12-7-14-25-23(21)30-19-9-6-8-18(16-19)26-31(28,29)20-10-4-3-5-11-20/h3-12,14,16-17,26H,13,15H2,1-2H3,(H,24,27). The summed E-state index contributed by atoms with van der Waals surface area (Å²) < 4.78 is 33.4. The lowest BCUT2D eigenvalue weighted by molar-refractivity contribution is 0.0949. The molecule has 1 aromatic heterocycles. The Morgan fingerprint density at radius 2 is 1.81 bits per heavy atom. The molecule has 1 amide bonds. The van der Waals surface area contributed by atoms with Gasteiger partial charge in [-0.1, -0.05) is 38.1 Å². The van der Waals surface area contributed by atoms with Gasteiger partial charge in [-0.2, -0.15) is 0 Å². The second-order valence-corrected chi connectivity index (χ2v) is 9.03. The molecule has 0 spiro atoms. The summed E-state index contributed by atoms with van der Waals surface area (Å²) in [5.41, 5.74) is 0.641. The first-order chi connectivity index (χ1) is 14.8. The van der Waals surface area contributed by atoms with Crippen LogP contribution in [0.15, 0.2) is 77.8 Å². The van der Waals surface area contributed by atoms with E-state index in [0.717, 1.165) is 6.42 Å². The van der Waals surface area contributed by atoms with Gasteiger partial charge in [-0.3, -0.25) is 9.52 Å². The fourth-order valence-electron chi connectivity index (χ4n) is 2.76. The van der Waals surface area contributed by atoms with Gasteiger partial charge in [-0.15, -0.1) is 0 Å². The minimum absolute atomic E-state index is 0.146. The third-order valence-electron chi connectivity index (χ3n) is 4.38. The highest BCUT2D eigenvalue weighted by Crippen LogP contribution is 2.26. The smallest absolute Gasteiger partial charge is 0.261 e. The molecule has 0 saturated heterocycles. The summed E-state index contributed by atoms with van der Waals surface area (Å²) in [4.78, 5) is 16.9. The van der Waals surface area contributed by atoms with Gasteiger partial charge >= 0.3 is 0 Å². The molecule has 3 rings (SSSR count). The van der Waals surface area contributed by atoms with E-state index in [9.17, 15) is 13.2 Å². The number of rotatable bonds is 9. The van der Waals surface area contributed by atoms with E-state index in [0.29, 0.717) is 29.5 Å². The lowest BCUT2D eigenvalue weighted by atomic mass is 10.1. The summed E-state index contributed by atoms with van der Waals surface area (Å²) in [7, 11) is -3.73. The number of carbonyl (C=O) groups is 1. The fourth-order valence-corrected chi connectivity index (χ4v) is 3.83. The van der Waals surface area contributed by atoms with Crippen LogP contribution in [0.4, 0.5) is 5.69 Å². The highest BCUT2D eigenvalue weighted by molar-refractivity contribution is 7.92. The fraction of sp³-hybridized carbons (Fsp3) is 0.217. The first-order valence-electron chi connectivity index (χ1n) is 9.94. The molecule has 0 aliphatic carbocycles. The second kappa shape index (κ2) is 10.1. The summed E-state index contributed by atoms with van der Waals surface area (Å²) in [5.74, 6) is 0.702. The van der Waals surface area contributed by atoms with Gasteiger partial charge < -0.3 is 10.1 Å². The summed E-state index contributed by atoms with van der Waals surface area (Å²) in [6, 6.07) is 17.9. The Bertz CT molecular complexity index is 1130. The summed E-state index contributed by atoms with van der Waals surface area (Å²) in [6.45, 7) is 4.73. The molecule has 0 aliphatic heterocycles. The zero-order valence-corrected chi connectivity index (χ0v) is 18.2. The van der Waals surface area contributed by atoms with Crippen LogP contribution in [0.5, 0.6) is 11.6 Å². The van der Waals surface area contributed by atoms with Crippen LogP contribution >= 0.6 is 0 Å². The predicted octanol–water partition coefficient (Wildman–Crippen LogP) is 4.45. The van der Waals surface area contributed by atoms with E-state index in [1.807, 2.05) is 0 Å². The van der Waals surface area contributed by atoms with Crippen molar-refractivity contribution in [1.82, 2.24) is 10.3 Å². The molecule has 3 aromatic rings. The van der Waals surface area contributed by atoms with Crippen LogP contribution in [0, 0.1) is 5.92 Å². The van der Waals surface area contributed by atoms with E-state index >= 15 is 0 Å². The number of benzene rings is 2. The van der Waals surface area contributed by atoms with Crippen molar-refractivity contribution in [2.45, 2.75) is 25.2 Å². The molecule has 0 radical (unpaired) electrons. The molecule has 0 bridgehead atoms. The highest BCUT2D eigenvalue weighted by Gasteiger charge is 2.16. The number of ether oxygens (including phenoxy) is 1. The van der Waals surface area contributed by atoms with Crippen LogP contribution in [-0.4, -0.2) is 25.9 Å². The summed E-state index contributed by atoms with van der Waals surface area (Å²) >= 11 is 0. The largest absolute Gasteiger partial charge is 0.438 e. The van der Waals surface area contributed by atoms with Crippen LogP contribution in [-0.2, 0) is 10.0 Å². The van der Waals surface area contributed by atoms with Crippen molar-refractivity contribution in [3.63, 3.8) is 0 Å². The molecule has 162 valence electrons. The zero-order valence-electron chi connectivity index (χ0n) is 17.4. The average Bonchev–Trinajstić information content (AvgIpc) is 2.74. The number of carbonyl (C=O) groups excluding carboxylic acids is 1. The van der Waals surface area contributed by atoms with Gasteiger partial charge in [-0.05, 0) is 48.7 Å². The first-order valence-corrected chi connectivity index (χ1v) is 11.4. The number of nitrogens with zero attached hydrogens (tertiary/aromatic N) is 1. The van der Waals surface area contributed by atoms with Crippen molar-refractivity contribution >= 4 is 21.6 Å². The lowest BCUT2D eigenvalue weighted by Gasteiger charge is -2.12. The molecule has 31 heavy (non-hydrogen) atoms. The van der Waals surface area contributed by atoms with Crippen molar-refractivity contribution in [1.29, 1.82) is 0 Å². The van der Waals surface area contributed by atoms with Crippen LogP contribution in [0.25, 0.3) is 0 Å². The highest BCUT2D eigenvalue weighted by atomic mass is 32.2. The van der Waals surface area contributed by atoms with E-state index in [4.69, 9.17) is 4.74 Å². The van der Waals surface area contributed by atoms with Gasteiger partial charge in [0.15, 0.2) is 0 Å². The molecule has 0 aliphatic rings. The van der Waals surface area contributed by atoms with Crippen LogP contribution < -0.4 is 14.8 Å². The van der Waals surface area contributed by atoms with Crippen LogP contribution in [0.3, 0.4) is 0 Å². The Morgan fingerprint density at radius 3 is 2.55 bits per heavy atom. The Hall–Kier alpha value is -3.39. The minimum Gasteiger partial charge on any atom is -0.438 e. The Balaban J connectivity index is 1.75. The van der Waals surface area contributed by atoms with Crippen LogP contribution in [0.2, 0.25) is 0 Å². The number of aromatic nitrogens is 1. The summed E-state index contributed by atoms with van der Waals surface area (Å²) in [5, 5.41) is 2.87. The Kier molecular flexibility index (Phi) is 7.25. The van der Waals surface area contributed by atoms with Crippen molar-refractivity contribution in [3.05, 3.63) is 78.5 Å². The zero-order chi connectivity index (χ0) is 22.3. The number of anilines is 1. The number of amides is 1. The number of pyridine rings is 1. The molecule has 0 fully saturated rings. The maximum atomic E-state index is 12.5. The van der Waals surface area contributed by atoms with E-state index in [1.165, 1.54) is 24.4 Å². The molecule has 2 aromatic carbocycles. The van der Waals surface area contributed by atoms with E-state index in [2.05, 4.69) is 28.9 Å². The van der Waals surface area contributed by atoms with Gasteiger partial charge in [-0.25, -0.2) is 13.4 Å². The van der Waals surface area contributed by atoms with Gasteiger partial charge in [0.05, 0.1) is 10.6 Å².